The number of para-hydroxylation sites is 1. The first kappa shape index (κ1) is 22.2. The molecule has 1 aliphatic heterocycles. The topological polar surface area (TPSA) is 124 Å². The van der Waals surface area contributed by atoms with Crippen molar-refractivity contribution in [3.8, 4) is 0 Å². The molecule has 0 bridgehead atoms. The molecule has 2 aromatic heterocycles. The number of nitrogens with zero attached hydrogens (tertiary/aromatic N) is 2. The van der Waals surface area contributed by atoms with Crippen molar-refractivity contribution in [3.05, 3.63) is 56.7 Å². The molecule has 0 atom stereocenters. The van der Waals surface area contributed by atoms with Crippen molar-refractivity contribution in [2.75, 3.05) is 17.7 Å². The minimum atomic E-state index is -3.23. The highest BCUT2D eigenvalue weighted by Crippen LogP contribution is 2.38. The molecule has 9 nitrogen and oxygen atoms in total. The number of fused-ring (bicyclic) bond motifs is 2. The van der Waals surface area contributed by atoms with Crippen LogP contribution in [0.2, 0.25) is 0 Å². The number of carbonyl (C=O) groups excluding carboxylic acids is 2. The zero-order valence-electron chi connectivity index (χ0n) is 17.3. The lowest BCUT2D eigenvalue weighted by molar-refractivity contribution is -0.116. The van der Waals surface area contributed by atoms with Crippen LogP contribution in [0.25, 0.3) is 10.9 Å². The number of hydrogen-bond acceptors (Lipinski definition) is 8. The monoisotopic (exact) mass is 475 g/mol. The first-order valence-corrected chi connectivity index (χ1v) is 12.7. The average molecular weight is 476 g/mol. The lowest BCUT2D eigenvalue weighted by Crippen LogP contribution is -2.20. The number of hydrogen-bond donors (Lipinski definition) is 1. The third-order valence-electron chi connectivity index (χ3n) is 5.15. The fourth-order valence-corrected chi connectivity index (χ4v) is 6.72. The van der Waals surface area contributed by atoms with E-state index in [2.05, 4.69) is 10.4 Å². The fourth-order valence-electron chi connectivity index (χ4n) is 3.67. The van der Waals surface area contributed by atoms with E-state index in [1.165, 1.54) is 6.20 Å². The second kappa shape index (κ2) is 8.83. The second-order valence-corrected chi connectivity index (χ2v) is 10.6. The van der Waals surface area contributed by atoms with Crippen LogP contribution in [-0.2, 0) is 38.1 Å². The summed E-state index contributed by atoms with van der Waals surface area (Å²) >= 11 is 1.10. The molecular weight excluding hydrogens is 454 g/mol. The van der Waals surface area contributed by atoms with E-state index in [4.69, 9.17) is 4.74 Å². The predicted molar refractivity (Wildman–Crippen MR) is 121 cm³/mol. The van der Waals surface area contributed by atoms with Crippen molar-refractivity contribution in [2.24, 2.45) is 0 Å². The van der Waals surface area contributed by atoms with E-state index in [0.29, 0.717) is 26.3 Å². The van der Waals surface area contributed by atoms with E-state index in [1.807, 2.05) is 0 Å². The number of benzene rings is 1. The van der Waals surface area contributed by atoms with Gasteiger partial charge in [0.2, 0.25) is 11.3 Å². The normalized spacial score (nSPS) is 14.7. The highest BCUT2D eigenvalue weighted by Gasteiger charge is 2.32. The lowest BCUT2D eigenvalue weighted by Gasteiger charge is -2.13. The van der Waals surface area contributed by atoms with Crippen LogP contribution in [0.15, 0.2) is 35.3 Å². The molecule has 1 aromatic carbocycles. The van der Waals surface area contributed by atoms with Gasteiger partial charge in [0.25, 0.3) is 0 Å². The summed E-state index contributed by atoms with van der Waals surface area (Å²) in [5.74, 6) is -1.13. The van der Waals surface area contributed by atoms with E-state index in [1.54, 1.807) is 35.9 Å². The molecule has 11 heteroatoms. The SMILES string of the molecule is CCOC(=O)c1c(NC(=O)CCn2ncc(=O)c3ccccc32)sc2c1CCS(=O)(=O)C2. The Bertz CT molecular complexity index is 1370. The van der Waals surface area contributed by atoms with Crippen molar-refractivity contribution in [1.82, 2.24) is 9.78 Å². The maximum atomic E-state index is 12.7. The van der Waals surface area contributed by atoms with Crippen LogP contribution in [-0.4, -0.2) is 42.4 Å². The number of esters is 1. The third kappa shape index (κ3) is 4.44. The molecular formula is C21H21N3O6S2. The number of thiophene rings is 1. The molecule has 4 rings (SSSR count). The Hall–Kier alpha value is -3.05. The van der Waals surface area contributed by atoms with Gasteiger partial charge in [0.05, 0.1) is 41.9 Å². The second-order valence-electron chi connectivity index (χ2n) is 7.32. The number of ether oxygens (including phenoxy) is 1. The number of anilines is 1. The maximum absolute atomic E-state index is 12.7. The molecule has 0 radical (unpaired) electrons. The quantitative estimate of drug-likeness (QED) is 0.542. The lowest BCUT2D eigenvalue weighted by atomic mass is 10.1. The van der Waals surface area contributed by atoms with Crippen molar-refractivity contribution in [1.29, 1.82) is 0 Å². The number of aryl methyl sites for hydroxylation is 1. The summed E-state index contributed by atoms with van der Waals surface area (Å²) in [7, 11) is -3.23. The van der Waals surface area contributed by atoms with Crippen molar-refractivity contribution >= 4 is 49.0 Å². The largest absolute Gasteiger partial charge is 0.462 e. The smallest absolute Gasteiger partial charge is 0.341 e. The van der Waals surface area contributed by atoms with Crippen LogP contribution >= 0.6 is 11.3 Å². The Morgan fingerprint density at radius 1 is 1.28 bits per heavy atom. The molecule has 1 aliphatic rings. The van der Waals surface area contributed by atoms with E-state index >= 15 is 0 Å². The molecule has 0 saturated heterocycles. The Morgan fingerprint density at radius 3 is 2.84 bits per heavy atom. The molecule has 168 valence electrons. The first-order chi connectivity index (χ1) is 15.3. The minimum Gasteiger partial charge on any atom is -0.462 e. The molecule has 1 N–H and O–H groups in total. The number of carbonyl (C=O) groups is 2. The van der Waals surface area contributed by atoms with Gasteiger partial charge in [-0.15, -0.1) is 11.3 Å². The first-order valence-electron chi connectivity index (χ1n) is 10.1. The summed E-state index contributed by atoms with van der Waals surface area (Å²) in [6.07, 6.45) is 1.47. The number of rotatable bonds is 6. The van der Waals surface area contributed by atoms with Gasteiger partial charge in [-0.05, 0) is 31.0 Å². The Morgan fingerprint density at radius 2 is 2.06 bits per heavy atom. The number of sulfone groups is 1. The van der Waals surface area contributed by atoms with E-state index in [9.17, 15) is 22.8 Å². The van der Waals surface area contributed by atoms with Gasteiger partial charge in [-0.3, -0.25) is 14.3 Å². The summed E-state index contributed by atoms with van der Waals surface area (Å²) in [6.45, 7) is 2.07. The Labute approximate surface area is 187 Å². The molecule has 0 spiro atoms. The highest BCUT2D eigenvalue weighted by molar-refractivity contribution is 7.90. The molecule has 32 heavy (non-hydrogen) atoms. The zero-order chi connectivity index (χ0) is 22.9. The summed E-state index contributed by atoms with van der Waals surface area (Å²) in [6, 6.07) is 7.01. The van der Waals surface area contributed by atoms with Crippen LogP contribution in [0.4, 0.5) is 5.00 Å². The van der Waals surface area contributed by atoms with Gasteiger partial charge in [0, 0.05) is 16.7 Å². The fraction of sp³-hybridized carbons (Fsp3) is 0.333. The van der Waals surface area contributed by atoms with Gasteiger partial charge in [0.1, 0.15) is 5.00 Å². The number of aromatic nitrogens is 2. The average Bonchev–Trinajstić information content (AvgIpc) is 3.09. The highest BCUT2D eigenvalue weighted by atomic mass is 32.2. The van der Waals surface area contributed by atoms with Gasteiger partial charge < -0.3 is 10.1 Å². The van der Waals surface area contributed by atoms with Gasteiger partial charge in [-0.1, -0.05) is 12.1 Å². The van der Waals surface area contributed by atoms with Crippen molar-refractivity contribution < 1.29 is 22.7 Å². The standard InChI is InChI=1S/C21H21N3O6S2/c1-2-30-21(27)19-14-8-10-32(28,29)12-17(14)31-20(19)23-18(26)7-9-24-15-6-4-3-5-13(15)16(25)11-22-24/h3-6,11H,2,7-10,12H2,1H3,(H,23,26). The van der Waals surface area contributed by atoms with E-state index < -0.39 is 15.8 Å². The third-order valence-corrected chi connectivity index (χ3v) is 8.03. The molecule has 0 saturated carbocycles. The predicted octanol–water partition coefficient (Wildman–Crippen LogP) is 2.13. The van der Waals surface area contributed by atoms with E-state index in [0.717, 1.165) is 11.3 Å². The Kier molecular flexibility index (Phi) is 6.11. The van der Waals surface area contributed by atoms with Gasteiger partial charge >= 0.3 is 5.97 Å². The van der Waals surface area contributed by atoms with Crippen LogP contribution in [0.3, 0.4) is 0 Å². The van der Waals surface area contributed by atoms with Gasteiger partial charge in [0.15, 0.2) is 9.84 Å². The van der Waals surface area contributed by atoms with Gasteiger partial charge in [-0.2, -0.15) is 5.10 Å². The number of nitrogens with one attached hydrogen (secondary N) is 1. The van der Waals surface area contributed by atoms with Crippen LogP contribution in [0.1, 0.15) is 34.1 Å². The zero-order valence-corrected chi connectivity index (χ0v) is 18.9. The van der Waals surface area contributed by atoms with Crippen molar-refractivity contribution in [2.45, 2.75) is 32.1 Å². The molecule has 3 heterocycles. The molecule has 3 aromatic rings. The summed E-state index contributed by atoms with van der Waals surface area (Å²) in [5.41, 5.74) is 1.30. The molecule has 0 fully saturated rings. The summed E-state index contributed by atoms with van der Waals surface area (Å²) < 4.78 is 30.7. The molecule has 1 amide bonds. The molecule has 0 aliphatic carbocycles. The van der Waals surface area contributed by atoms with Crippen LogP contribution in [0, 0.1) is 0 Å². The van der Waals surface area contributed by atoms with Gasteiger partial charge in [-0.25, -0.2) is 13.2 Å². The van der Waals surface area contributed by atoms with E-state index in [-0.39, 0.29) is 54.4 Å². The minimum absolute atomic E-state index is 0.0401. The summed E-state index contributed by atoms with van der Waals surface area (Å²) in [4.78, 5) is 37.7. The Balaban J connectivity index is 1.56. The van der Waals surface area contributed by atoms with Crippen LogP contribution < -0.4 is 10.7 Å². The number of amides is 1. The molecule has 0 unspecified atom stereocenters. The summed E-state index contributed by atoms with van der Waals surface area (Å²) in [5, 5.41) is 7.67. The maximum Gasteiger partial charge on any atom is 0.341 e. The van der Waals surface area contributed by atoms with Crippen LogP contribution in [0.5, 0.6) is 0 Å². The van der Waals surface area contributed by atoms with Crippen molar-refractivity contribution in [3.63, 3.8) is 0 Å².